The maximum Gasteiger partial charge on any atom is 0.237 e. The fourth-order valence-corrected chi connectivity index (χ4v) is 3.13. The zero-order valence-electron chi connectivity index (χ0n) is 14.6. The van der Waals surface area contributed by atoms with E-state index in [2.05, 4.69) is 15.1 Å². The lowest BCUT2D eigenvalue weighted by Gasteiger charge is -2.38. The number of piperazine rings is 1. The Bertz CT molecular complexity index is 680. The van der Waals surface area contributed by atoms with Crippen LogP contribution in [0.3, 0.4) is 0 Å². The number of aromatic hydroxyl groups is 1. The van der Waals surface area contributed by atoms with Crippen LogP contribution in [0, 0.1) is 0 Å². The molecule has 1 fully saturated rings. The first-order valence-electron chi connectivity index (χ1n) is 8.73. The number of carbonyl (C=O) groups is 1. The van der Waals surface area contributed by atoms with Crippen molar-refractivity contribution >= 4 is 11.6 Å². The maximum atomic E-state index is 12.4. The summed E-state index contributed by atoms with van der Waals surface area (Å²) in [4.78, 5) is 16.9. The highest BCUT2D eigenvalue weighted by atomic mass is 16.3. The fraction of sp³-hybridized carbons (Fsp3) is 0.350. The molecule has 0 saturated carbocycles. The Hall–Kier alpha value is -2.53. The summed E-state index contributed by atoms with van der Waals surface area (Å²) in [6.07, 6.45) is 0. The number of phenolic OH excluding ortho intramolecular Hbond substituents is 1. The Morgan fingerprint density at radius 2 is 1.68 bits per heavy atom. The highest BCUT2D eigenvalue weighted by Crippen LogP contribution is 2.20. The smallest absolute Gasteiger partial charge is 0.237 e. The van der Waals surface area contributed by atoms with Gasteiger partial charge in [0.1, 0.15) is 5.75 Å². The molecule has 0 aromatic heterocycles. The lowest BCUT2D eigenvalue weighted by molar-refractivity contribution is -0.126. The molecule has 132 valence electrons. The number of hydrogen-bond donors (Lipinski definition) is 2. The summed E-state index contributed by atoms with van der Waals surface area (Å²) >= 11 is 0. The van der Waals surface area contributed by atoms with Crippen molar-refractivity contribution < 1.29 is 9.90 Å². The van der Waals surface area contributed by atoms with Gasteiger partial charge in [-0.25, -0.2) is 0 Å². The zero-order valence-corrected chi connectivity index (χ0v) is 14.6. The minimum atomic E-state index is -0.134. The number of phenols is 1. The summed E-state index contributed by atoms with van der Waals surface area (Å²) in [5, 5.41) is 12.4. The molecule has 2 aromatic carbocycles. The standard InChI is InChI=1S/C20H25N3O2/c1-16(20(25)21-15-17-5-3-2-4-6-17)22-11-13-23(14-12-22)18-7-9-19(24)10-8-18/h2-10,16,24H,11-15H2,1H3,(H,21,25)/t16-/m0/s1. The van der Waals surface area contributed by atoms with E-state index in [4.69, 9.17) is 0 Å². The van der Waals surface area contributed by atoms with Gasteiger partial charge < -0.3 is 15.3 Å². The molecule has 2 aromatic rings. The van der Waals surface area contributed by atoms with Gasteiger partial charge in [0.2, 0.25) is 5.91 Å². The van der Waals surface area contributed by atoms with Crippen molar-refractivity contribution in [3.63, 3.8) is 0 Å². The van der Waals surface area contributed by atoms with E-state index >= 15 is 0 Å². The van der Waals surface area contributed by atoms with Gasteiger partial charge in [-0.15, -0.1) is 0 Å². The van der Waals surface area contributed by atoms with E-state index in [1.807, 2.05) is 49.4 Å². The van der Waals surface area contributed by atoms with Gasteiger partial charge in [-0.05, 0) is 36.8 Å². The van der Waals surface area contributed by atoms with E-state index in [0.717, 1.165) is 37.4 Å². The van der Waals surface area contributed by atoms with Crippen LogP contribution in [-0.2, 0) is 11.3 Å². The van der Waals surface area contributed by atoms with Crippen LogP contribution in [0.5, 0.6) is 5.75 Å². The number of nitrogens with zero attached hydrogens (tertiary/aromatic N) is 2. The number of carbonyl (C=O) groups excluding carboxylic acids is 1. The average molecular weight is 339 g/mol. The molecule has 2 N–H and O–H groups in total. The molecular formula is C20H25N3O2. The van der Waals surface area contributed by atoms with Crippen molar-refractivity contribution in [3.05, 3.63) is 60.2 Å². The van der Waals surface area contributed by atoms with E-state index in [-0.39, 0.29) is 17.7 Å². The van der Waals surface area contributed by atoms with Gasteiger partial charge in [-0.1, -0.05) is 30.3 Å². The predicted octanol–water partition coefficient (Wildman–Crippen LogP) is 2.22. The van der Waals surface area contributed by atoms with Crippen LogP contribution in [-0.4, -0.2) is 48.1 Å². The van der Waals surface area contributed by atoms with Crippen molar-refractivity contribution in [2.75, 3.05) is 31.1 Å². The Labute approximate surface area is 148 Å². The number of nitrogens with one attached hydrogen (secondary N) is 1. The quantitative estimate of drug-likeness (QED) is 0.877. The molecule has 1 atom stereocenters. The Morgan fingerprint density at radius 1 is 1.04 bits per heavy atom. The van der Waals surface area contributed by atoms with E-state index < -0.39 is 0 Å². The normalized spacial score (nSPS) is 16.4. The van der Waals surface area contributed by atoms with Crippen LogP contribution in [0.4, 0.5) is 5.69 Å². The summed E-state index contributed by atoms with van der Waals surface area (Å²) in [5.74, 6) is 0.355. The molecule has 5 nitrogen and oxygen atoms in total. The molecule has 3 rings (SSSR count). The largest absolute Gasteiger partial charge is 0.508 e. The molecule has 0 aliphatic carbocycles. The second-order valence-electron chi connectivity index (χ2n) is 6.42. The Kier molecular flexibility index (Phi) is 5.56. The van der Waals surface area contributed by atoms with E-state index in [1.165, 1.54) is 0 Å². The van der Waals surface area contributed by atoms with Crippen molar-refractivity contribution in [2.45, 2.75) is 19.5 Å². The van der Waals surface area contributed by atoms with E-state index in [0.29, 0.717) is 6.54 Å². The van der Waals surface area contributed by atoms with Gasteiger partial charge >= 0.3 is 0 Å². The molecule has 25 heavy (non-hydrogen) atoms. The first kappa shape index (κ1) is 17.3. The monoisotopic (exact) mass is 339 g/mol. The van der Waals surface area contributed by atoms with Crippen molar-refractivity contribution in [1.82, 2.24) is 10.2 Å². The van der Waals surface area contributed by atoms with Gasteiger partial charge in [-0.3, -0.25) is 9.69 Å². The average Bonchev–Trinajstić information content (AvgIpc) is 2.67. The SMILES string of the molecule is C[C@@H](C(=O)NCc1ccccc1)N1CCN(c2ccc(O)cc2)CC1. The molecule has 0 bridgehead atoms. The third-order valence-electron chi connectivity index (χ3n) is 4.77. The van der Waals surface area contributed by atoms with Crippen LogP contribution < -0.4 is 10.2 Å². The van der Waals surface area contributed by atoms with Gasteiger partial charge in [0.15, 0.2) is 0 Å². The molecule has 0 radical (unpaired) electrons. The van der Waals surface area contributed by atoms with Crippen molar-refractivity contribution in [1.29, 1.82) is 0 Å². The summed E-state index contributed by atoms with van der Waals surface area (Å²) in [6.45, 7) is 5.98. The summed E-state index contributed by atoms with van der Waals surface area (Å²) in [6, 6.07) is 17.1. The summed E-state index contributed by atoms with van der Waals surface area (Å²) < 4.78 is 0. The van der Waals surface area contributed by atoms with Crippen LogP contribution >= 0.6 is 0 Å². The molecule has 1 aliphatic heterocycles. The molecule has 1 saturated heterocycles. The van der Waals surface area contributed by atoms with Crippen LogP contribution in [0.2, 0.25) is 0 Å². The topological polar surface area (TPSA) is 55.8 Å². The first-order valence-corrected chi connectivity index (χ1v) is 8.73. The number of anilines is 1. The maximum absolute atomic E-state index is 12.4. The molecule has 5 heteroatoms. The molecule has 0 spiro atoms. The number of hydrogen-bond acceptors (Lipinski definition) is 4. The van der Waals surface area contributed by atoms with Crippen LogP contribution in [0.1, 0.15) is 12.5 Å². The second kappa shape index (κ2) is 8.03. The number of rotatable bonds is 5. The van der Waals surface area contributed by atoms with E-state index in [9.17, 15) is 9.90 Å². The van der Waals surface area contributed by atoms with Gasteiger partial charge in [-0.2, -0.15) is 0 Å². The lowest BCUT2D eigenvalue weighted by Crippen LogP contribution is -2.53. The zero-order chi connectivity index (χ0) is 17.6. The van der Waals surface area contributed by atoms with Gasteiger partial charge in [0, 0.05) is 38.4 Å². The Balaban J connectivity index is 1.48. The van der Waals surface area contributed by atoms with Crippen molar-refractivity contribution in [2.24, 2.45) is 0 Å². The third kappa shape index (κ3) is 4.51. The predicted molar refractivity (Wildman–Crippen MR) is 99.6 cm³/mol. The van der Waals surface area contributed by atoms with Gasteiger partial charge in [0.05, 0.1) is 6.04 Å². The Morgan fingerprint density at radius 3 is 2.32 bits per heavy atom. The van der Waals surface area contributed by atoms with E-state index in [1.54, 1.807) is 12.1 Å². The minimum absolute atomic E-state index is 0.0712. The second-order valence-corrected chi connectivity index (χ2v) is 6.42. The molecular weight excluding hydrogens is 314 g/mol. The van der Waals surface area contributed by atoms with Gasteiger partial charge in [0.25, 0.3) is 0 Å². The van der Waals surface area contributed by atoms with Crippen molar-refractivity contribution in [3.8, 4) is 5.75 Å². The highest BCUT2D eigenvalue weighted by molar-refractivity contribution is 5.81. The summed E-state index contributed by atoms with van der Waals surface area (Å²) in [7, 11) is 0. The van der Waals surface area contributed by atoms with Crippen LogP contribution in [0.15, 0.2) is 54.6 Å². The minimum Gasteiger partial charge on any atom is -0.508 e. The molecule has 1 amide bonds. The third-order valence-corrected chi connectivity index (χ3v) is 4.77. The molecule has 0 unspecified atom stereocenters. The number of benzene rings is 2. The van der Waals surface area contributed by atoms with Crippen LogP contribution in [0.25, 0.3) is 0 Å². The number of amides is 1. The molecule has 1 heterocycles. The highest BCUT2D eigenvalue weighted by Gasteiger charge is 2.25. The summed E-state index contributed by atoms with van der Waals surface area (Å²) in [5.41, 5.74) is 2.22. The first-order chi connectivity index (χ1) is 12.1. The molecule has 1 aliphatic rings. The lowest BCUT2D eigenvalue weighted by atomic mass is 10.2. The fourth-order valence-electron chi connectivity index (χ4n) is 3.13.